The van der Waals surface area contributed by atoms with Crippen molar-refractivity contribution in [3.63, 3.8) is 0 Å². The third kappa shape index (κ3) is 3.51. The normalized spacial score (nSPS) is 10.7. The van der Waals surface area contributed by atoms with E-state index in [0.717, 1.165) is 12.1 Å². The minimum absolute atomic E-state index is 0.00356. The molecule has 88 valence electrons. The number of nitrogens with two attached hydrogens (primary N) is 1. The lowest BCUT2D eigenvalue weighted by Crippen LogP contribution is -2.25. The van der Waals surface area contributed by atoms with Gasteiger partial charge in [-0.15, -0.1) is 0 Å². The van der Waals surface area contributed by atoms with Gasteiger partial charge in [0.15, 0.2) is 0 Å². The van der Waals surface area contributed by atoms with E-state index in [1.807, 2.05) is 0 Å². The molecule has 4 N–H and O–H groups in total. The number of nitrogens with one attached hydrogen (secondary N) is 2. The van der Waals surface area contributed by atoms with Gasteiger partial charge in [0.25, 0.3) is 11.5 Å². The number of hydrogen-bond donors (Lipinski definition) is 3. The van der Waals surface area contributed by atoms with Crippen molar-refractivity contribution in [2.75, 3.05) is 6.54 Å². The summed E-state index contributed by atoms with van der Waals surface area (Å²) in [5.74, 6) is -0.148. The molecule has 1 heterocycles. The average molecular weight is 223 g/mol. The van der Waals surface area contributed by atoms with E-state index in [1.165, 1.54) is 6.07 Å². The molecule has 0 atom stereocenters. The number of pyridine rings is 1. The predicted octanol–water partition coefficient (Wildman–Crippen LogP) is 0.219. The van der Waals surface area contributed by atoms with Gasteiger partial charge in [0.1, 0.15) is 5.56 Å². The van der Waals surface area contributed by atoms with E-state index in [2.05, 4.69) is 24.1 Å². The first-order valence-corrected chi connectivity index (χ1v) is 5.23. The SMILES string of the molecule is CC(C)CNCc1c[nH]c(=O)c(C(N)=O)c1. The van der Waals surface area contributed by atoms with E-state index in [0.29, 0.717) is 12.5 Å². The molecule has 0 aliphatic rings. The average Bonchev–Trinajstić information content (AvgIpc) is 2.19. The van der Waals surface area contributed by atoms with Crippen molar-refractivity contribution in [1.29, 1.82) is 0 Å². The van der Waals surface area contributed by atoms with Gasteiger partial charge in [-0.1, -0.05) is 13.8 Å². The molecule has 16 heavy (non-hydrogen) atoms. The Balaban J connectivity index is 2.72. The second kappa shape index (κ2) is 5.46. The Labute approximate surface area is 94.1 Å². The molecule has 0 aliphatic carbocycles. The molecule has 0 saturated heterocycles. The van der Waals surface area contributed by atoms with Crippen LogP contribution in [0.2, 0.25) is 0 Å². The van der Waals surface area contributed by atoms with Crippen LogP contribution in [0.5, 0.6) is 0 Å². The Hall–Kier alpha value is -1.62. The molecule has 0 fully saturated rings. The summed E-state index contributed by atoms with van der Waals surface area (Å²) in [7, 11) is 0. The number of H-pyrrole nitrogens is 1. The lowest BCUT2D eigenvalue weighted by Gasteiger charge is -2.07. The van der Waals surface area contributed by atoms with Crippen LogP contribution >= 0.6 is 0 Å². The number of rotatable bonds is 5. The standard InChI is InChI=1S/C11H17N3O2/c1-7(2)4-13-5-8-3-9(10(12)15)11(16)14-6-8/h3,6-7,13H,4-5H2,1-2H3,(H2,12,15)(H,14,16). The van der Waals surface area contributed by atoms with E-state index >= 15 is 0 Å². The van der Waals surface area contributed by atoms with Crippen LogP contribution in [0.1, 0.15) is 29.8 Å². The molecular formula is C11H17N3O2. The maximum atomic E-state index is 11.2. The highest BCUT2D eigenvalue weighted by Crippen LogP contribution is 1.98. The fraction of sp³-hybridized carbons (Fsp3) is 0.455. The summed E-state index contributed by atoms with van der Waals surface area (Å²) < 4.78 is 0. The minimum Gasteiger partial charge on any atom is -0.365 e. The van der Waals surface area contributed by atoms with Gasteiger partial charge in [0.2, 0.25) is 0 Å². The van der Waals surface area contributed by atoms with Crippen molar-refractivity contribution in [2.24, 2.45) is 11.7 Å². The molecule has 0 radical (unpaired) electrons. The maximum absolute atomic E-state index is 11.2. The summed E-state index contributed by atoms with van der Waals surface area (Å²) in [5.41, 5.74) is 5.48. The third-order valence-electron chi connectivity index (χ3n) is 2.11. The number of carbonyl (C=O) groups excluding carboxylic acids is 1. The fourth-order valence-corrected chi connectivity index (χ4v) is 1.32. The lowest BCUT2D eigenvalue weighted by atomic mass is 10.2. The molecule has 1 aromatic heterocycles. The van der Waals surface area contributed by atoms with Crippen molar-refractivity contribution in [3.8, 4) is 0 Å². The Bertz CT molecular complexity index is 423. The Morgan fingerprint density at radius 2 is 2.25 bits per heavy atom. The van der Waals surface area contributed by atoms with Crippen LogP contribution in [0, 0.1) is 5.92 Å². The topological polar surface area (TPSA) is 88.0 Å². The quantitative estimate of drug-likeness (QED) is 0.667. The smallest absolute Gasteiger partial charge is 0.260 e. The molecule has 1 rings (SSSR count). The summed E-state index contributed by atoms with van der Waals surface area (Å²) in [6, 6.07) is 1.52. The Morgan fingerprint density at radius 1 is 1.56 bits per heavy atom. The van der Waals surface area contributed by atoms with E-state index < -0.39 is 11.5 Å². The monoisotopic (exact) mass is 223 g/mol. The van der Waals surface area contributed by atoms with Crippen LogP contribution < -0.4 is 16.6 Å². The summed E-state index contributed by atoms with van der Waals surface area (Å²) in [6.07, 6.45) is 1.59. The summed E-state index contributed by atoms with van der Waals surface area (Å²) in [6.45, 7) is 5.70. The molecule has 0 bridgehead atoms. The highest BCUT2D eigenvalue weighted by molar-refractivity contribution is 5.92. The number of amides is 1. The van der Waals surface area contributed by atoms with Crippen molar-refractivity contribution in [1.82, 2.24) is 10.3 Å². The van der Waals surface area contributed by atoms with Crippen molar-refractivity contribution < 1.29 is 4.79 Å². The van der Waals surface area contributed by atoms with Gasteiger partial charge in [0, 0.05) is 12.7 Å². The number of aromatic nitrogens is 1. The zero-order valence-corrected chi connectivity index (χ0v) is 9.54. The first-order valence-electron chi connectivity index (χ1n) is 5.23. The molecule has 0 unspecified atom stereocenters. The zero-order valence-electron chi connectivity index (χ0n) is 9.54. The van der Waals surface area contributed by atoms with Crippen molar-refractivity contribution in [3.05, 3.63) is 33.7 Å². The number of primary amides is 1. The molecular weight excluding hydrogens is 206 g/mol. The number of aromatic amines is 1. The number of hydrogen-bond acceptors (Lipinski definition) is 3. The summed E-state index contributed by atoms with van der Waals surface area (Å²) in [5, 5.41) is 3.21. The third-order valence-corrected chi connectivity index (χ3v) is 2.11. The minimum atomic E-state index is -0.702. The van der Waals surface area contributed by atoms with Gasteiger partial charge in [-0.05, 0) is 24.1 Å². The van der Waals surface area contributed by atoms with Crippen molar-refractivity contribution >= 4 is 5.91 Å². The molecule has 5 heteroatoms. The molecule has 5 nitrogen and oxygen atoms in total. The number of carbonyl (C=O) groups is 1. The van der Waals surface area contributed by atoms with Crippen LogP contribution in [0.3, 0.4) is 0 Å². The highest BCUT2D eigenvalue weighted by Gasteiger charge is 2.07. The van der Waals surface area contributed by atoms with E-state index in [-0.39, 0.29) is 5.56 Å². The zero-order chi connectivity index (χ0) is 12.1. The molecule has 0 spiro atoms. The van der Waals surface area contributed by atoms with E-state index in [1.54, 1.807) is 6.20 Å². The van der Waals surface area contributed by atoms with Gasteiger partial charge < -0.3 is 16.0 Å². The maximum Gasteiger partial charge on any atom is 0.260 e. The summed E-state index contributed by atoms with van der Waals surface area (Å²) in [4.78, 5) is 24.6. The molecule has 1 aromatic rings. The van der Waals surface area contributed by atoms with Crippen LogP contribution in [0.4, 0.5) is 0 Å². The fourth-order valence-electron chi connectivity index (χ4n) is 1.32. The summed E-state index contributed by atoms with van der Waals surface area (Å²) >= 11 is 0. The Kier molecular flexibility index (Phi) is 4.25. The van der Waals surface area contributed by atoms with Crippen LogP contribution in [-0.2, 0) is 6.54 Å². The molecule has 0 aliphatic heterocycles. The van der Waals surface area contributed by atoms with Gasteiger partial charge in [-0.2, -0.15) is 0 Å². The van der Waals surface area contributed by atoms with Crippen molar-refractivity contribution in [2.45, 2.75) is 20.4 Å². The van der Waals surface area contributed by atoms with Gasteiger partial charge in [0.05, 0.1) is 0 Å². The van der Waals surface area contributed by atoms with E-state index in [9.17, 15) is 9.59 Å². The van der Waals surface area contributed by atoms with Crippen LogP contribution in [0.15, 0.2) is 17.1 Å². The second-order valence-corrected chi connectivity index (χ2v) is 4.14. The predicted molar refractivity (Wildman–Crippen MR) is 62.1 cm³/mol. The van der Waals surface area contributed by atoms with Gasteiger partial charge in [-0.3, -0.25) is 9.59 Å². The lowest BCUT2D eigenvalue weighted by molar-refractivity contribution is 0.0998. The molecule has 0 saturated carbocycles. The molecule has 1 amide bonds. The Morgan fingerprint density at radius 3 is 2.81 bits per heavy atom. The molecule has 0 aromatic carbocycles. The first-order chi connectivity index (χ1) is 7.50. The van der Waals surface area contributed by atoms with Crippen LogP contribution in [0.25, 0.3) is 0 Å². The second-order valence-electron chi connectivity index (χ2n) is 4.14. The van der Waals surface area contributed by atoms with Gasteiger partial charge in [-0.25, -0.2) is 0 Å². The van der Waals surface area contributed by atoms with Gasteiger partial charge >= 0.3 is 0 Å². The van der Waals surface area contributed by atoms with Crippen LogP contribution in [-0.4, -0.2) is 17.4 Å². The first kappa shape index (κ1) is 12.4. The highest BCUT2D eigenvalue weighted by atomic mass is 16.2. The van der Waals surface area contributed by atoms with E-state index in [4.69, 9.17) is 5.73 Å². The largest absolute Gasteiger partial charge is 0.365 e.